The number of hydrogen-bond donors (Lipinski definition) is 1. The van der Waals surface area contributed by atoms with Crippen LogP contribution in [0.4, 0.5) is 0 Å². The van der Waals surface area contributed by atoms with Crippen molar-refractivity contribution >= 4 is 22.6 Å². The number of rotatable bonds is 4. The van der Waals surface area contributed by atoms with E-state index in [0.717, 1.165) is 28.3 Å². The average molecular weight is 618 g/mol. The van der Waals surface area contributed by atoms with Crippen LogP contribution in [0.3, 0.4) is 0 Å². The minimum absolute atomic E-state index is 0.178. The molecular weight excluding hydrogens is 583 g/mol. The molecule has 0 amide bonds. The molecule has 1 unspecified atom stereocenters. The minimum Gasteiger partial charge on any atom is -0.326 e. The summed E-state index contributed by atoms with van der Waals surface area (Å²) in [5.74, 6) is 1.87. The van der Waals surface area contributed by atoms with Crippen molar-refractivity contribution in [2.24, 2.45) is 4.99 Å². The van der Waals surface area contributed by atoms with Crippen molar-refractivity contribution in [3.8, 4) is 33.5 Å². The molecule has 7 aromatic rings. The van der Waals surface area contributed by atoms with Crippen LogP contribution in [-0.2, 0) is 5.41 Å². The van der Waals surface area contributed by atoms with E-state index in [1.807, 2.05) is 0 Å². The van der Waals surface area contributed by atoms with Gasteiger partial charge in [0.05, 0.1) is 17.3 Å². The van der Waals surface area contributed by atoms with E-state index >= 15 is 0 Å². The predicted molar refractivity (Wildman–Crippen MR) is 200 cm³/mol. The van der Waals surface area contributed by atoms with Crippen LogP contribution >= 0.6 is 0 Å². The number of benzene rings is 6. The molecule has 3 nitrogen and oxygen atoms in total. The number of nitrogens with one attached hydrogen (secondary N) is 1. The van der Waals surface area contributed by atoms with E-state index in [1.165, 1.54) is 50.0 Å². The fourth-order valence-corrected chi connectivity index (χ4v) is 7.71. The number of amidine groups is 1. The monoisotopic (exact) mass is 617 g/mol. The van der Waals surface area contributed by atoms with Gasteiger partial charge in [-0.15, -0.1) is 0 Å². The Labute approximate surface area is 281 Å². The highest BCUT2D eigenvalue weighted by molar-refractivity contribution is 6.10. The van der Waals surface area contributed by atoms with Crippen molar-refractivity contribution in [2.45, 2.75) is 25.3 Å². The van der Waals surface area contributed by atoms with Crippen LogP contribution in [0.1, 0.15) is 42.1 Å². The summed E-state index contributed by atoms with van der Waals surface area (Å²) in [7, 11) is 0. The van der Waals surface area contributed by atoms with Gasteiger partial charge >= 0.3 is 0 Å². The summed E-state index contributed by atoms with van der Waals surface area (Å²) < 4.78 is 2.45. The summed E-state index contributed by atoms with van der Waals surface area (Å²) in [6, 6.07) is 56.5. The summed E-state index contributed by atoms with van der Waals surface area (Å²) in [6.45, 7) is 4.72. The Kier molecular flexibility index (Phi) is 6.55. The summed E-state index contributed by atoms with van der Waals surface area (Å²) in [6.07, 6.45) is 2.29. The quantitative estimate of drug-likeness (QED) is 0.209. The SMILES string of the molecule is CC1(C)c2ccccc2-c2c(n(C3=CC(c4ccc(-c5ccccc5)cc4)N=C(c4ccccc4)N3)c3ccccc23)-c2ccccc21. The Hall–Kier alpha value is -5.93. The Balaban J connectivity index is 1.30. The van der Waals surface area contributed by atoms with Crippen LogP contribution in [-0.4, -0.2) is 10.4 Å². The second kappa shape index (κ2) is 11.1. The van der Waals surface area contributed by atoms with E-state index in [1.54, 1.807) is 0 Å². The highest BCUT2D eigenvalue weighted by Crippen LogP contribution is 2.52. The molecule has 1 aromatic heterocycles. The second-order valence-corrected chi connectivity index (χ2v) is 13.2. The van der Waals surface area contributed by atoms with Crippen molar-refractivity contribution in [1.82, 2.24) is 9.88 Å². The molecule has 230 valence electrons. The van der Waals surface area contributed by atoms with Crippen molar-refractivity contribution in [3.63, 3.8) is 0 Å². The van der Waals surface area contributed by atoms with Gasteiger partial charge in [-0.05, 0) is 45.5 Å². The topological polar surface area (TPSA) is 29.3 Å². The van der Waals surface area contributed by atoms with E-state index in [-0.39, 0.29) is 11.5 Å². The molecule has 0 spiro atoms. The van der Waals surface area contributed by atoms with E-state index in [0.29, 0.717) is 0 Å². The maximum Gasteiger partial charge on any atom is 0.134 e. The lowest BCUT2D eigenvalue weighted by molar-refractivity contribution is 0.646. The van der Waals surface area contributed by atoms with Gasteiger partial charge in [0.2, 0.25) is 0 Å². The van der Waals surface area contributed by atoms with Gasteiger partial charge in [-0.25, -0.2) is 0 Å². The summed E-state index contributed by atoms with van der Waals surface area (Å²) >= 11 is 0. The third-order valence-electron chi connectivity index (χ3n) is 10.1. The molecule has 0 fully saturated rings. The third-order valence-corrected chi connectivity index (χ3v) is 10.1. The third kappa shape index (κ3) is 4.46. The maximum absolute atomic E-state index is 5.31. The molecule has 1 aliphatic heterocycles. The number of aromatic nitrogens is 1. The highest BCUT2D eigenvalue weighted by atomic mass is 15.2. The van der Waals surface area contributed by atoms with Gasteiger partial charge in [0, 0.05) is 27.5 Å². The van der Waals surface area contributed by atoms with Gasteiger partial charge in [0.1, 0.15) is 11.7 Å². The van der Waals surface area contributed by atoms with Gasteiger partial charge < -0.3 is 5.32 Å². The molecule has 3 heteroatoms. The fraction of sp³-hybridized carbons (Fsp3) is 0.0889. The highest BCUT2D eigenvalue weighted by Gasteiger charge is 2.36. The first-order chi connectivity index (χ1) is 23.6. The van der Waals surface area contributed by atoms with Crippen LogP contribution in [0.5, 0.6) is 0 Å². The van der Waals surface area contributed by atoms with Crippen molar-refractivity contribution in [2.75, 3.05) is 0 Å². The zero-order chi connectivity index (χ0) is 32.2. The normalized spacial score (nSPS) is 16.1. The smallest absolute Gasteiger partial charge is 0.134 e. The first-order valence-electron chi connectivity index (χ1n) is 16.7. The minimum atomic E-state index is -0.188. The molecule has 6 aromatic carbocycles. The van der Waals surface area contributed by atoms with Crippen LogP contribution < -0.4 is 5.32 Å². The first-order valence-corrected chi connectivity index (χ1v) is 16.7. The van der Waals surface area contributed by atoms with Crippen molar-refractivity contribution < 1.29 is 0 Å². The van der Waals surface area contributed by atoms with E-state index in [2.05, 4.69) is 188 Å². The van der Waals surface area contributed by atoms with Gasteiger partial charge in [0.25, 0.3) is 0 Å². The molecule has 1 N–H and O–H groups in total. The fourth-order valence-electron chi connectivity index (χ4n) is 7.71. The number of para-hydroxylation sites is 1. The molecule has 1 aliphatic carbocycles. The predicted octanol–water partition coefficient (Wildman–Crippen LogP) is 10.9. The molecule has 0 saturated carbocycles. The molecule has 2 aliphatic rings. The van der Waals surface area contributed by atoms with E-state index in [4.69, 9.17) is 4.99 Å². The van der Waals surface area contributed by atoms with Crippen LogP contribution in [0, 0.1) is 0 Å². The molecule has 0 saturated heterocycles. The lowest BCUT2D eigenvalue weighted by Crippen LogP contribution is -2.30. The summed E-state index contributed by atoms with van der Waals surface area (Å²) in [4.78, 5) is 5.31. The van der Waals surface area contributed by atoms with E-state index in [9.17, 15) is 0 Å². The molecule has 2 heterocycles. The molecule has 0 bridgehead atoms. The lowest BCUT2D eigenvalue weighted by Gasteiger charge is -2.29. The number of hydrogen-bond acceptors (Lipinski definition) is 2. The zero-order valence-corrected chi connectivity index (χ0v) is 27.1. The lowest BCUT2D eigenvalue weighted by atomic mass is 9.75. The number of fused-ring (bicyclic) bond motifs is 7. The van der Waals surface area contributed by atoms with E-state index < -0.39 is 0 Å². The van der Waals surface area contributed by atoms with Crippen molar-refractivity contribution in [1.29, 1.82) is 0 Å². The Morgan fingerprint density at radius 1 is 0.562 bits per heavy atom. The molecule has 1 atom stereocenters. The zero-order valence-electron chi connectivity index (χ0n) is 27.1. The Morgan fingerprint density at radius 2 is 1.12 bits per heavy atom. The molecule has 48 heavy (non-hydrogen) atoms. The molecular formula is C45H35N3. The summed E-state index contributed by atoms with van der Waals surface area (Å²) in [5.41, 5.74) is 13.3. The van der Waals surface area contributed by atoms with Gasteiger partial charge in [-0.3, -0.25) is 9.56 Å². The van der Waals surface area contributed by atoms with Gasteiger partial charge in [0.15, 0.2) is 0 Å². The summed E-state index contributed by atoms with van der Waals surface area (Å²) in [5, 5.41) is 5.06. The standard InChI is InChI=1S/C45H35N3/c1-45(2)37-22-12-9-19-34(37)42-36-21-11-14-24-40(36)48(43(42)35-20-10-13-23-38(35)45)41-29-39(46-44(47-41)33-17-7-4-8-18-33)32-27-25-31(26-28-32)30-15-5-3-6-16-30/h3-29,39H,1-2H3,(H,46,47). The molecule has 0 radical (unpaired) electrons. The number of nitrogens with zero attached hydrogens (tertiary/aromatic N) is 2. The Bertz CT molecular complexity index is 2380. The van der Waals surface area contributed by atoms with Crippen LogP contribution in [0.15, 0.2) is 169 Å². The second-order valence-electron chi connectivity index (χ2n) is 13.2. The molecule has 9 rings (SSSR count). The first kappa shape index (κ1) is 28.3. The average Bonchev–Trinajstić information content (AvgIpc) is 3.47. The maximum atomic E-state index is 5.31. The van der Waals surface area contributed by atoms with Gasteiger partial charge in [-0.2, -0.15) is 0 Å². The van der Waals surface area contributed by atoms with Crippen LogP contribution in [0.2, 0.25) is 0 Å². The van der Waals surface area contributed by atoms with Crippen LogP contribution in [0.25, 0.3) is 50.2 Å². The van der Waals surface area contributed by atoms with Gasteiger partial charge in [-0.1, -0.05) is 166 Å². The Morgan fingerprint density at radius 3 is 1.85 bits per heavy atom. The number of aliphatic imine (C=N–C) groups is 1. The van der Waals surface area contributed by atoms with Crippen molar-refractivity contribution in [3.05, 3.63) is 186 Å². The largest absolute Gasteiger partial charge is 0.326 e.